The van der Waals surface area contributed by atoms with Crippen molar-refractivity contribution in [3.63, 3.8) is 0 Å². The molecule has 0 aromatic heterocycles. The molecule has 1 spiro atoms. The second-order valence-corrected chi connectivity index (χ2v) is 10.6. The van der Waals surface area contributed by atoms with Gasteiger partial charge >= 0.3 is 6.18 Å². The van der Waals surface area contributed by atoms with E-state index in [1.807, 2.05) is 35.2 Å². The molecule has 1 amide bonds. The first-order chi connectivity index (χ1) is 17.7. The van der Waals surface area contributed by atoms with Crippen molar-refractivity contribution >= 4 is 40.6 Å². The van der Waals surface area contributed by atoms with Crippen LogP contribution in [0.2, 0.25) is 10.0 Å². The topological polar surface area (TPSA) is 49.4 Å². The zero-order valence-electron chi connectivity index (χ0n) is 19.4. The van der Waals surface area contributed by atoms with E-state index < -0.39 is 35.0 Å². The van der Waals surface area contributed by atoms with Crippen LogP contribution in [0.1, 0.15) is 45.8 Å². The summed E-state index contributed by atoms with van der Waals surface area (Å²) in [6, 6.07) is 17.6. The number of benzene rings is 3. The Morgan fingerprint density at radius 3 is 2.46 bits per heavy atom. The molecule has 3 unspecified atom stereocenters. The summed E-state index contributed by atoms with van der Waals surface area (Å²) in [6.07, 6.45) is -3.19. The van der Waals surface area contributed by atoms with Crippen LogP contribution in [0, 0.1) is 5.92 Å². The largest absolute Gasteiger partial charge is 0.418 e. The summed E-state index contributed by atoms with van der Waals surface area (Å²) in [5, 5.41) is 3.01. The summed E-state index contributed by atoms with van der Waals surface area (Å²) in [5.74, 6) is -2.37. The number of alkyl halides is 3. The lowest BCUT2D eigenvalue weighted by Crippen LogP contribution is -2.52. The Morgan fingerprint density at radius 1 is 1.00 bits per heavy atom. The number of carbonyl (C=O) groups excluding carboxylic acids is 2. The minimum atomic E-state index is -4.67. The van der Waals surface area contributed by atoms with Gasteiger partial charge in [-0.05, 0) is 49.2 Å². The molecule has 2 fully saturated rings. The van der Waals surface area contributed by atoms with E-state index in [1.54, 1.807) is 12.1 Å². The lowest BCUT2D eigenvalue weighted by Gasteiger charge is -2.37. The van der Waals surface area contributed by atoms with E-state index >= 15 is 0 Å². The molecule has 0 radical (unpaired) electrons. The van der Waals surface area contributed by atoms with Crippen LogP contribution < -0.4 is 5.32 Å². The van der Waals surface area contributed by atoms with Crippen LogP contribution in [0.25, 0.3) is 0 Å². The van der Waals surface area contributed by atoms with Crippen LogP contribution in [0.15, 0.2) is 66.7 Å². The highest BCUT2D eigenvalue weighted by Crippen LogP contribution is 2.62. The number of anilines is 1. The number of fused-ring (bicyclic) bond motifs is 4. The van der Waals surface area contributed by atoms with Gasteiger partial charge in [-0.2, -0.15) is 13.2 Å². The van der Waals surface area contributed by atoms with E-state index in [0.29, 0.717) is 13.0 Å². The number of nitrogens with zero attached hydrogens (tertiary/aromatic N) is 1. The van der Waals surface area contributed by atoms with Crippen LogP contribution >= 0.6 is 23.2 Å². The smallest absolute Gasteiger partial charge is 0.323 e. The second kappa shape index (κ2) is 8.58. The minimum Gasteiger partial charge on any atom is -0.323 e. The van der Waals surface area contributed by atoms with Crippen molar-refractivity contribution in [3.8, 4) is 0 Å². The number of hydrogen-bond donors (Lipinski definition) is 1. The van der Waals surface area contributed by atoms with Crippen molar-refractivity contribution < 1.29 is 22.8 Å². The van der Waals surface area contributed by atoms with Gasteiger partial charge < -0.3 is 5.32 Å². The van der Waals surface area contributed by atoms with Crippen LogP contribution in [-0.4, -0.2) is 29.2 Å². The third-order valence-corrected chi connectivity index (χ3v) is 8.75. The number of halogens is 5. The zero-order valence-corrected chi connectivity index (χ0v) is 20.9. The second-order valence-electron chi connectivity index (χ2n) is 9.76. The average Bonchev–Trinajstić information content (AvgIpc) is 3.53. The normalized spacial score (nSPS) is 26.8. The summed E-state index contributed by atoms with van der Waals surface area (Å²) in [6.45, 7) is 0.488. The number of amides is 1. The van der Waals surface area contributed by atoms with Crippen LogP contribution in [0.5, 0.6) is 0 Å². The van der Waals surface area contributed by atoms with Crippen molar-refractivity contribution in [2.45, 2.75) is 36.5 Å². The van der Waals surface area contributed by atoms with Crippen molar-refractivity contribution in [2.24, 2.45) is 5.92 Å². The summed E-state index contributed by atoms with van der Waals surface area (Å²) >= 11 is 12.3. The Morgan fingerprint density at radius 2 is 1.76 bits per heavy atom. The van der Waals surface area contributed by atoms with Crippen molar-refractivity contribution in [1.82, 2.24) is 4.90 Å². The molecular formula is C28H21Cl2F3N2O2. The van der Waals surface area contributed by atoms with Crippen LogP contribution in [0.4, 0.5) is 18.9 Å². The van der Waals surface area contributed by atoms with Gasteiger partial charge in [0.15, 0.2) is 5.78 Å². The number of nitrogens with one attached hydrogen (secondary N) is 1. The maximum atomic E-state index is 14.4. The lowest BCUT2D eigenvalue weighted by atomic mass is 9.68. The molecule has 6 rings (SSSR count). The predicted molar refractivity (Wildman–Crippen MR) is 135 cm³/mol. The fraction of sp³-hybridized carbons (Fsp3) is 0.286. The average molecular weight is 545 g/mol. The fourth-order valence-electron chi connectivity index (χ4n) is 6.70. The molecule has 3 aliphatic rings. The number of rotatable bonds is 3. The number of para-hydroxylation sites is 1. The van der Waals surface area contributed by atoms with Crippen LogP contribution in [0.3, 0.4) is 0 Å². The fourth-order valence-corrected chi connectivity index (χ4v) is 7.00. The molecule has 4 atom stereocenters. The maximum Gasteiger partial charge on any atom is 0.418 e. The summed E-state index contributed by atoms with van der Waals surface area (Å²) in [7, 11) is 0. The monoisotopic (exact) mass is 544 g/mol. The first kappa shape index (κ1) is 24.5. The van der Waals surface area contributed by atoms with Crippen molar-refractivity contribution in [2.75, 3.05) is 11.9 Å². The van der Waals surface area contributed by atoms with Gasteiger partial charge in [-0.3, -0.25) is 14.5 Å². The summed E-state index contributed by atoms with van der Waals surface area (Å²) in [5.41, 5.74) is -1.48. The maximum absolute atomic E-state index is 14.4. The van der Waals surface area contributed by atoms with E-state index in [4.69, 9.17) is 23.2 Å². The van der Waals surface area contributed by atoms with Crippen molar-refractivity contribution in [3.05, 3.63) is 99.0 Å². The quantitative estimate of drug-likeness (QED) is 0.364. The number of Topliss-reactive ketones (excluding diaryl/α,β-unsaturated/α-hetero) is 1. The Balaban J connectivity index is 1.63. The molecule has 1 N–H and O–H groups in total. The molecule has 0 saturated carbocycles. The molecule has 37 heavy (non-hydrogen) atoms. The highest BCUT2D eigenvalue weighted by Gasteiger charge is 2.69. The van der Waals surface area contributed by atoms with Crippen LogP contribution in [-0.2, 0) is 16.5 Å². The van der Waals surface area contributed by atoms with Gasteiger partial charge in [0.1, 0.15) is 5.54 Å². The summed E-state index contributed by atoms with van der Waals surface area (Å²) < 4.78 is 42.0. The van der Waals surface area contributed by atoms with E-state index in [-0.39, 0.29) is 38.7 Å². The van der Waals surface area contributed by atoms with Crippen molar-refractivity contribution in [1.29, 1.82) is 0 Å². The number of ketones is 1. The Kier molecular flexibility index (Phi) is 5.67. The van der Waals surface area contributed by atoms with Gasteiger partial charge in [-0.15, -0.1) is 0 Å². The molecule has 4 nitrogen and oxygen atoms in total. The van der Waals surface area contributed by atoms with E-state index in [0.717, 1.165) is 18.1 Å². The lowest BCUT2D eigenvalue weighted by molar-refractivity contribution is -0.136. The molecule has 190 valence electrons. The summed E-state index contributed by atoms with van der Waals surface area (Å²) in [4.78, 5) is 30.4. The molecule has 3 heterocycles. The number of hydrogen-bond acceptors (Lipinski definition) is 3. The third kappa shape index (κ3) is 3.47. The van der Waals surface area contributed by atoms with Gasteiger partial charge in [-0.25, -0.2) is 0 Å². The zero-order chi connectivity index (χ0) is 26.1. The molecule has 2 saturated heterocycles. The van der Waals surface area contributed by atoms with Gasteiger partial charge in [0.25, 0.3) is 0 Å². The molecule has 0 aliphatic carbocycles. The van der Waals surface area contributed by atoms with Gasteiger partial charge in [0, 0.05) is 23.1 Å². The molecule has 3 aromatic carbocycles. The third-order valence-electron chi connectivity index (χ3n) is 8.01. The molecule has 3 aromatic rings. The standard InChI is InChI=1S/C28H21Cl2F3N2O2/c29-19-12-11-16(14-20(19)30)25(36)23-22(15-6-2-1-3-7-15)21-10-5-13-35(21)27(23)17-8-4-9-18(28(31,32)33)24(17)34-26(27)37/h1-4,6-9,11-12,14,21-23H,5,10,13H2,(H,34,37)/t21?,22?,23?,27-/m1/s1. The first-order valence-corrected chi connectivity index (χ1v) is 12.7. The van der Waals surface area contributed by atoms with Gasteiger partial charge in [-0.1, -0.05) is 65.7 Å². The Bertz CT molecular complexity index is 1430. The minimum absolute atomic E-state index is 0.187. The van der Waals surface area contributed by atoms with Gasteiger partial charge in [0.05, 0.1) is 27.2 Å². The molecule has 0 bridgehead atoms. The first-order valence-electron chi connectivity index (χ1n) is 12.0. The highest BCUT2D eigenvalue weighted by molar-refractivity contribution is 6.42. The van der Waals surface area contributed by atoms with E-state index in [1.165, 1.54) is 18.2 Å². The number of carbonyl (C=O) groups is 2. The highest BCUT2D eigenvalue weighted by atomic mass is 35.5. The van der Waals surface area contributed by atoms with E-state index in [2.05, 4.69) is 5.32 Å². The Hall–Kier alpha value is -2.87. The molecule has 9 heteroatoms. The van der Waals surface area contributed by atoms with E-state index in [9.17, 15) is 22.8 Å². The molecule has 3 aliphatic heterocycles. The predicted octanol–water partition coefficient (Wildman–Crippen LogP) is 6.92. The SMILES string of the molecule is O=C(c1ccc(Cl)c(Cl)c1)C1C(c2ccccc2)C2CCCN2[C@@]12C(=O)Nc1c(C(F)(F)F)cccc12. The molecular weight excluding hydrogens is 524 g/mol. The Labute approximate surface area is 221 Å². The van der Waals surface area contributed by atoms with Gasteiger partial charge in [0.2, 0.25) is 5.91 Å².